The molecule has 218 valence electrons. The van der Waals surface area contributed by atoms with Crippen molar-refractivity contribution in [2.24, 2.45) is 29.1 Å². The highest BCUT2D eigenvalue weighted by Gasteiger charge is 2.67. The lowest BCUT2D eigenvalue weighted by molar-refractivity contribution is -0.131. The van der Waals surface area contributed by atoms with Crippen molar-refractivity contribution in [3.8, 4) is 5.75 Å². The number of imide groups is 2. The van der Waals surface area contributed by atoms with Gasteiger partial charge in [-0.15, -0.1) is 0 Å². The fourth-order valence-electron chi connectivity index (χ4n) is 7.90. The number of para-hydroxylation sites is 1. The van der Waals surface area contributed by atoms with Crippen molar-refractivity contribution in [3.63, 3.8) is 0 Å². The van der Waals surface area contributed by atoms with E-state index in [4.69, 9.17) is 11.6 Å². The molecule has 1 saturated carbocycles. The minimum Gasteiger partial charge on any atom is -0.505 e. The molecule has 4 aliphatic rings. The van der Waals surface area contributed by atoms with Gasteiger partial charge in [0, 0.05) is 10.9 Å². The maximum atomic E-state index is 14.8. The van der Waals surface area contributed by atoms with Crippen LogP contribution in [-0.4, -0.2) is 28.7 Å². The fourth-order valence-corrected chi connectivity index (χ4v) is 8.07. The number of benzene rings is 3. The Balaban J connectivity index is 1.37. The summed E-state index contributed by atoms with van der Waals surface area (Å²) in [5, 5.41) is 10.4. The fraction of sp³-hybridized carbons (Fsp3) is 0.294. The first-order chi connectivity index (χ1) is 20.5. The van der Waals surface area contributed by atoms with E-state index in [0.717, 1.165) is 11.1 Å². The lowest BCUT2D eigenvalue weighted by Gasteiger charge is -2.49. The molecule has 2 heterocycles. The molecule has 2 aliphatic heterocycles. The quantitative estimate of drug-likeness (QED) is 0.298. The summed E-state index contributed by atoms with van der Waals surface area (Å²) >= 11 is 6.35. The number of rotatable bonds is 3. The van der Waals surface area contributed by atoms with Gasteiger partial charge in [0.1, 0.15) is 0 Å². The number of phenols is 1. The third kappa shape index (κ3) is 3.78. The predicted octanol–water partition coefficient (Wildman–Crippen LogP) is 5.93. The largest absolute Gasteiger partial charge is 0.505 e. The van der Waals surface area contributed by atoms with E-state index in [1.165, 1.54) is 21.9 Å². The smallest absolute Gasteiger partial charge is 0.241 e. The summed E-state index contributed by atoms with van der Waals surface area (Å²) < 4.78 is 14.8. The number of hydrogen-bond donors (Lipinski definition) is 1. The van der Waals surface area contributed by atoms with Crippen LogP contribution in [0.4, 0.5) is 15.8 Å². The van der Waals surface area contributed by atoms with Gasteiger partial charge < -0.3 is 5.11 Å². The van der Waals surface area contributed by atoms with E-state index in [9.17, 15) is 28.7 Å². The highest BCUT2D eigenvalue weighted by atomic mass is 35.5. The molecule has 3 aromatic rings. The monoisotopic (exact) mass is 598 g/mol. The molecule has 0 bridgehead atoms. The standard InChI is InChI=1S/C34H28ClFN2O5/c1-17-8-10-20(15-25(17)35)37-30(40)22-12-11-21-23(28(22)32(37)42)16-24-31(41)38(19-6-4-3-5-7-19)33(43)34(24,2)29(21)18-9-13-27(39)26(36)14-18/h3-11,13-15,22-24,28-29,39H,12,16H2,1-2H3/t22-,23+,24-,28-,29-,34+/m0/s1. The Morgan fingerprint density at radius 1 is 0.884 bits per heavy atom. The first kappa shape index (κ1) is 27.5. The number of halogens is 2. The number of hydrogen-bond acceptors (Lipinski definition) is 5. The van der Waals surface area contributed by atoms with E-state index in [1.54, 1.807) is 61.5 Å². The van der Waals surface area contributed by atoms with Crippen LogP contribution in [0.1, 0.15) is 36.8 Å². The molecule has 2 saturated heterocycles. The first-order valence-corrected chi connectivity index (χ1v) is 14.7. The summed E-state index contributed by atoms with van der Waals surface area (Å²) in [5.41, 5.74) is 1.52. The first-order valence-electron chi connectivity index (χ1n) is 14.3. The van der Waals surface area contributed by atoms with E-state index in [-0.39, 0.29) is 30.6 Å². The van der Waals surface area contributed by atoms with Crippen molar-refractivity contribution in [2.45, 2.75) is 32.6 Å². The van der Waals surface area contributed by atoms with E-state index < -0.39 is 52.5 Å². The Kier molecular flexibility index (Phi) is 6.15. The Morgan fingerprint density at radius 2 is 1.63 bits per heavy atom. The summed E-state index contributed by atoms with van der Waals surface area (Å²) in [5.74, 6) is -6.38. The van der Waals surface area contributed by atoms with Gasteiger partial charge in [0.2, 0.25) is 23.6 Å². The molecular formula is C34H28ClFN2O5. The molecule has 6 atom stereocenters. The number of aromatic hydroxyl groups is 1. The highest BCUT2D eigenvalue weighted by Crippen LogP contribution is 2.63. The van der Waals surface area contributed by atoms with E-state index in [0.29, 0.717) is 22.0 Å². The van der Waals surface area contributed by atoms with Gasteiger partial charge in [-0.1, -0.05) is 53.6 Å². The van der Waals surface area contributed by atoms with Crippen molar-refractivity contribution in [1.82, 2.24) is 0 Å². The summed E-state index contributed by atoms with van der Waals surface area (Å²) in [6, 6.07) is 17.7. The zero-order valence-electron chi connectivity index (χ0n) is 23.5. The Morgan fingerprint density at radius 3 is 2.33 bits per heavy atom. The van der Waals surface area contributed by atoms with E-state index in [2.05, 4.69) is 0 Å². The van der Waals surface area contributed by atoms with Crippen LogP contribution in [-0.2, 0) is 19.2 Å². The molecule has 9 heteroatoms. The average Bonchev–Trinajstić information content (AvgIpc) is 3.36. The number of amides is 4. The van der Waals surface area contributed by atoms with Gasteiger partial charge in [-0.05, 0) is 80.1 Å². The van der Waals surface area contributed by atoms with Gasteiger partial charge in [0.25, 0.3) is 0 Å². The van der Waals surface area contributed by atoms with Crippen molar-refractivity contribution in [2.75, 3.05) is 9.80 Å². The van der Waals surface area contributed by atoms with Crippen molar-refractivity contribution in [3.05, 3.63) is 100 Å². The molecule has 1 N–H and O–H groups in total. The molecular weight excluding hydrogens is 571 g/mol. The minimum atomic E-state index is -1.29. The maximum Gasteiger partial charge on any atom is 0.241 e. The number of anilines is 2. The van der Waals surface area contributed by atoms with Crippen LogP contribution in [0.25, 0.3) is 0 Å². The van der Waals surface area contributed by atoms with Crippen LogP contribution in [0.2, 0.25) is 5.02 Å². The van der Waals surface area contributed by atoms with E-state index in [1.807, 2.05) is 13.0 Å². The lowest BCUT2D eigenvalue weighted by atomic mass is 9.51. The number of fused-ring (bicyclic) bond motifs is 4. The molecule has 3 fully saturated rings. The number of phenolic OH excluding ortho intramolecular Hbond substituents is 1. The Hall–Kier alpha value is -4.30. The zero-order valence-corrected chi connectivity index (χ0v) is 24.2. The molecule has 0 spiro atoms. The molecule has 43 heavy (non-hydrogen) atoms. The minimum absolute atomic E-state index is 0.190. The zero-order chi connectivity index (χ0) is 30.4. The van der Waals surface area contributed by atoms with Crippen LogP contribution in [0.15, 0.2) is 78.4 Å². The number of carbonyl (C=O) groups excluding carboxylic acids is 4. The average molecular weight is 599 g/mol. The number of carbonyl (C=O) groups is 4. The van der Waals surface area contributed by atoms with E-state index >= 15 is 0 Å². The second-order valence-corrected chi connectivity index (χ2v) is 12.6. The van der Waals surface area contributed by atoms with Gasteiger partial charge >= 0.3 is 0 Å². The summed E-state index contributed by atoms with van der Waals surface area (Å²) in [7, 11) is 0. The van der Waals surface area contributed by atoms with Crippen molar-refractivity contribution >= 4 is 46.6 Å². The van der Waals surface area contributed by atoms with Gasteiger partial charge in [0.05, 0.1) is 34.5 Å². The van der Waals surface area contributed by atoms with Crippen LogP contribution >= 0.6 is 11.6 Å². The number of aryl methyl sites for hydroxylation is 1. The van der Waals surface area contributed by atoms with Gasteiger partial charge in [-0.2, -0.15) is 0 Å². The van der Waals surface area contributed by atoms with Crippen LogP contribution in [0.5, 0.6) is 5.75 Å². The van der Waals surface area contributed by atoms with Gasteiger partial charge in [-0.3, -0.25) is 19.2 Å². The molecule has 2 aliphatic carbocycles. The SMILES string of the molecule is Cc1ccc(N2C(=O)[C@H]3[C@H](CC=C4[C@H]3C[C@H]3C(=O)N(c5ccccc5)C(=O)[C@@]3(C)[C@H]4c3ccc(O)c(F)c3)C2=O)cc1Cl. The predicted molar refractivity (Wildman–Crippen MR) is 158 cm³/mol. The Labute approximate surface area is 252 Å². The molecule has 0 unspecified atom stereocenters. The normalized spacial score (nSPS) is 29.9. The molecule has 0 radical (unpaired) electrons. The van der Waals surface area contributed by atoms with Crippen LogP contribution in [0, 0.1) is 41.8 Å². The van der Waals surface area contributed by atoms with Crippen LogP contribution < -0.4 is 9.80 Å². The number of nitrogens with zero attached hydrogens (tertiary/aromatic N) is 2. The third-order valence-electron chi connectivity index (χ3n) is 10.0. The maximum absolute atomic E-state index is 14.8. The van der Waals surface area contributed by atoms with Crippen molar-refractivity contribution < 1.29 is 28.7 Å². The third-order valence-corrected chi connectivity index (χ3v) is 10.4. The number of allylic oxidation sites excluding steroid dienone is 2. The summed E-state index contributed by atoms with van der Waals surface area (Å²) in [4.78, 5) is 58.7. The summed E-state index contributed by atoms with van der Waals surface area (Å²) in [6.45, 7) is 3.57. The van der Waals surface area contributed by atoms with Crippen molar-refractivity contribution in [1.29, 1.82) is 0 Å². The molecule has 4 amide bonds. The molecule has 7 rings (SSSR count). The second-order valence-electron chi connectivity index (χ2n) is 12.2. The summed E-state index contributed by atoms with van der Waals surface area (Å²) in [6.07, 6.45) is 2.36. The molecule has 0 aromatic heterocycles. The van der Waals surface area contributed by atoms with Gasteiger partial charge in [-0.25, -0.2) is 14.2 Å². The Bertz CT molecular complexity index is 1770. The molecule has 7 nitrogen and oxygen atoms in total. The van der Waals surface area contributed by atoms with Crippen LogP contribution in [0.3, 0.4) is 0 Å². The lowest BCUT2D eigenvalue weighted by Crippen LogP contribution is -2.48. The van der Waals surface area contributed by atoms with Gasteiger partial charge in [0.15, 0.2) is 11.6 Å². The topological polar surface area (TPSA) is 95.0 Å². The second kappa shape index (κ2) is 9.61. The highest BCUT2D eigenvalue weighted by molar-refractivity contribution is 6.32. The molecule has 3 aromatic carbocycles.